The van der Waals surface area contributed by atoms with Crippen LogP contribution in [0.2, 0.25) is 10.0 Å². The Kier molecular flexibility index (Phi) is 5.89. The molecule has 0 bridgehead atoms. The normalized spacial score (nSPS) is 11.2. The summed E-state index contributed by atoms with van der Waals surface area (Å²) in [6, 6.07) is 8.43. The topological polar surface area (TPSA) is 97.6 Å². The average molecular weight is 424 g/mol. The Morgan fingerprint density at radius 3 is 2.44 bits per heavy atom. The summed E-state index contributed by atoms with van der Waals surface area (Å²) < 4.78 is 26.4. The van der Waals surface area contributed by atoms with Crippen LogP contribution < -0.4 is 4.31 Å². The molecule has 0 saturated carbocycles. The van der Waals surface area contributed by atoms with Crippen molar-refractivity contribution in [1.29, 1.82) is 0 Å². The molecule has 7 nitrogen and oxygen atoms in total. The number of carbonyl (C=O) groups is 1. The molecule has 0 unspecified atom stereocenters. The van der Waals surface area contributed by atoms with Gasteiger partial charge in [-0.25, -0.2) is 8.42 Å². The fraction of sp³-hybridized carbons (Fsp3) is 0.0714. The number of carbonyl (C=O) groups excluding carboxylic acids is 1. The fourth-order valence-electron chi connectivity index (χ4n) is 1.97. The Hall–Kier alpha value is -1.87. The van der Waals surface area contributed by atoms with E-state index < -0.39 is 37.3 Å². The maximum Gasteiger partial charge on any atom is 0.270 e. The summed E-state index contributed by atoms with van der Waals surface area (Å²) in [5, 5.41) is 10.1. The lowest BCUT2D eigenvalue weighted by Gasteiger charge is -2.24. The van der Waals surface area contributed by atoms with E-state index in [9.17, 15) is 23.3 Å². The van der Waals surface area contributed by atoms with Gasteiger partial charge in [-0.2, -0.15) is 0 Å². The number of halogens is 3. The molecule has 0 amide bonds. The first kappa shape index (κ1) is 19.5. The summed E-state index contributed by atoms with van der Waals surface area (Å²) in [5.41, 5.74) is -0.495. The standard InChI is InChI=1S/C14H9Cl3N2O5S/c15-9-4-5-12(16)13(6-9)18(8-14(17)20)25(23,24)11-3-1-2-10(7-11)19(21)22/h1-7H,8H2. The first-order chi connectivity index (χ1) is 11.6. The molecule has 0 radical (unpaired) electrons. The van der Waals surface area contributed by atoms with E-state index in [2.05, 4.69) is 0 Å². The van der Waals surface area contributed by atoms with Gasteiger partial charge in [0.05, 0.1) is 20.5 Å². The van der Waals surface area contributed by atoms with Gasteiger partial charge in [0.15, 0.2) is 0 Å². The number of anilines is 1. The molecule has 2 aromatic rings. The van der Waals surface area contributed by atoms with E-state index in [0.717, 1.165) is 18.2 Å². The number of non-ortho nitro benzene ring substituents is 1. The average Bonchev–Trinajstić information content (AvgIpc) is 2.55. The van der Waals surface area contributed by atoms with Crippen LogP contribution >= 0.6 is 34.8 Å². The second kappa shape index (κ2) is 7.57. The molecule has 0 aliphatic carbocycles. The zero-order chi connectivity index (χ0) is 18.8. The number of benzene rings is 2. The fourth-order valence-corrected chi connectivity index (χ4v) is 4.07. The molecule has 2 rings (SSSR count). The van der Waals surface area contributed by atoms with Gasteiger partial charge in [0.25, 0.3) is 15.7 Å². The maximum atomic E-state index is 12.9. The van der Waals surface area contributed by atoms with Crippen molar-refractivity contribution in [2.75, 3.05) is 10.8 Å². The molecule has 0 atom stereocenters. The second-order valence-corrected chi connectivity index (χ2v) is 7.84. The van der Waals surface area contributed by atoms with Gasteiger partial charge in [0.1, 0.15) is 6.54 Å². The zero-order valence-electron chi connectivity index (χ0n) is 12.2. The van der Waals surface area contributed by atoms with Crippen molar-refractivity contribution in [1.82, 2.24) is 0 Å². The molecule has 0 saturated heterocycles. The predicted octanol–water partition coefficient (Wildman–Crippen LogP) is 3.86. The lowest BCUT2D eigenvalue weighted by molar-refractivity contribution is -0.385. The number of hydrogen-bond donors (Lipinski definition) is 0. The van der Waals surface area contributed by atoms with Gasteiger partial charge in [-0.3, -0.25) is 19.2 Å². The molecule has 25 heavy (non-hydrogen) atoms. The van der Waals surface area contributed by atoms with E-state index in [0.29, 0.717) is 4.31 Å². The molecular weight excluding hydrogens is 415 g/mol. The highest BCUT2D eigenvalue weighted by atomic mass is 35.5. The lowest BCUT2D eigenvalue weighted by atomic mass is 10.3. The summed E-state index contributed by atoms with van der Waals surface area (Å²) in [6.45, 7) is -0.730. The summed E-state index contributed by atoms with van der Waals surface area (Å²) in [7, 11) is -4.36. The van der Waals surface area contributed by atoms with Crippen LogP contribution in [0.1, 0.15) is 0 Å². The van der Waals surface area contributed by atoms with E-state index in [1.54, 1.807) is 0 Å². The molecule has 0 N–H and O–H groups in total. The van der Waals surface area contributed by atoms with E-state index in [1.807, 2.05) is 0 Å². The smallest absolute Gasteiger partial charge is 0.270 e. The molecule has 11 heteroatoms. The number of nitro benzene ring substituents is 1. The Labute approximate surface area is 157 Å². The van der Waals surface area contributed by atoms with Gasteiger partial charge in [-0.05, 0) is 35.9 Å². The van der Waals surface area contributed by atoms with Gasteiger partial charge < -0.3 is 0 Å². The highest BCUT2D eigenvalue weighted by Crippen LogP contribution is 2.33. The van der Waals surface area contributed by atoms with E-state index in [-0.39, 0.29) is 15.7 Å². The largest absolute Gasteiger partial charge is 0.279 e. The van der Waals surface area contributed by atoms with Crippen molar-refractivity contribution in [3.63, 3.8) is 0 Å². The van der Waals surface area contributed by atoms with Gasteiger partial charge in [-0.1, -0.05) is 29.3 Å². The highest BCUT2D eigenvalue weighted by Gasteiger charge is 2.29. The van der Waals surface area contributed by atoms with Gasteiger partial charge in [-0.15, -0.1) is 0 Å². The Morgan fingerprint density at radius 1 is 1.16 bits per heavy atom. The third-order valence-corrected chi connectivity index (χ3v) is 5.49. The van der Waals surface area contributed by atoms with E-state index in [4.69, 9.17) is 34.8 Å². The number of nitro groups is 1. The van der Waals surface area contributed by atoms with Crippen LogP contribution in [-0.2, 0) is 14.8 Å². The molecule has 0 heterocycles. The van der Waals surface area contributed by atoms with Crippen molar-refractivity contribution in [3.8, 4) is 0 Å². The highest BCUT2D eigenvalue weighted by molar-refractivity contribution is 7.92. The molecular formula is C14H9Cl3N2O5S. The molecule has 0 spiro atoms. The third kappa shape index (κ3) is 4.40. The zero-order valence-corrected chi connectivity index (χ0v) is 15.3. The van der Waals surface area contributed by atoms with Crippen LogP contribution in [0.15, 0.2) is 47.4 Å². The number of rotatable bonds is 6. The van der Waals surface area contributed by atoms with Gasteiger partial charge in [0, 0.05) is 17.2 Å². The van der Waals surface area contributed by atoms with Crippen molar-refractivity contribution >= 4 is 61.4 Å². The minimum absolute atomic E-state index is 0.0105. The first-order valence-corrected chi connectivity index (χ1v) is 9.11. The minimum atomic E-state index is -4.36. The number of sulfonamides is 1. The summed E-state index contributed by atoms with van der Waals surface area (Å²) in [4.78, 5) is 21.1. The molecule has 132 valence electrons. The third-order valence-electron chi connectivity index (χ3n) is 3.06. The first-order valence-electron chi connectivity index (χ1n) is 6.53. The molecule has 0 fully saturated rings. The Bertz CT molecular complexity index is 949. The second-order valence-electron chi connectivity index (χ2n) is 4.72. The van der Waals surface area contributed by atoms with Crippen LogP contribution in [-0.4, -0.2) is 25.1 Å². The molecule has 0 aliphatic rings. The lowest BCUT2D eigenvalue weighted by Crippen LogP contribution is -2.34. The Balaban J connectivity index is 2.64. The van der Waals surface area contributed by atoms with Crippen LogP contribution in [0, 0.1) is 10.1 Å². The maximum absolute atomic E-state index is 12.9. The van der Waals surface area contributed by atoms with Crippen LogP contribution in [0.5, 0.6) is 0 Å². The van der Waals surface area contributed by atoms with Crippen molar-refractivity contribution in [3.05, 3.63) is 62.6 Å². The summed E-state index contributed by atoms with van der Waals surface area (Å²) in [6.07, 6.45) is 0. The van der Waals surface area contributed by atoms with Gasteiger partial charge >= 0.3 is 0 Å². The molecule has 2 aromatic carbocycles. The van der Waals surface area contributed by atoms with Crippen LogP contribution in [0.25, 0.3) is 0 Å². The van der Waals surface area contributed by atoms with Gasteiger partial charge in [0.2, 0.25) is 5.24 Å². The predicted molar refractivity (Wildman–Crippen MR) is 95.0 cm³/mol. The quantitative estimate of drug-likeness (QED) is 0.399. The molecule has 0 aliphatic heterocycles. The monoisotopic (exact) mass is 422 g/mol. The summed E-state index contributed by atoms with van der Waals surface area (Å²) in [5.74, 6) is 0. The van der Waals surface area contributed by atoms with Crippen LogP contribution in [0.4, 0.5) is 11.4 Å². The van der Waals surface area contributed by atoms with E-state index in [1.165, 1.54) is 24.3 Å². The SMILES string of the molecule is O=C(Cl)CN(c1cc(Cl)ccc1Cl)S(=O)(=O)c1cccc([N+](=O)[O-])c1. The minimum Gasteiger partial charge on any atom is -0.279 e. The van der Waals surface area contributed by atoms with Crippen LogP contribution in [0.3, 0.4) is 0 Å². The number of hydrogen-bond acceptors (Lipinski definition) is 5. The molecule has 0 aromatic heterocycles. The van der Waals surface area contributed by atoms with Crippen molar-refractivity contribution in [2.45, 2.75) is 4.90 Å². The Morgan fingerprint density at radius 2 is 1.84 bits per heavy atom. The number of nitrogens with zero attached hydrogens (tertiary/aromatic N) is 2. The van der Waals surface area contributed by atoms with Crippen molar-refractivity contribution < 1.29 is 18.1 Å². The summed E-state index contributed by atoms with van der Waals surface area (Å²) >= 11 is 17.3. The van der Waals surface area contributed by atoms with Crippen molar-refractivity contribution in [2.24, 2.45) is 0 Å². The van der Waals surface area contributed by atoms with E-state index >= 15 is 0 Å².